The van der Waals surface area contributed by atoms with Gasteiger partial charge in [0.1, 0.15) is 17.5 Å². The van der Waals surface area contributed by atoms with Crippen LogP contribution in [-0.2, 0) is 20.5 Å². The van der Waals surface area contributed by atoms with Crippen LogP contribution >= 0.6 is 7.52 Å². The van der Waals surface area contributed by atoms with Crippen molar-refractivity contribution in [2.24, 2.45) is 0 Å². The van der Waals surface area contributed by atoms with Crippen molar-refractivity contribution in [3.63, 3.8) is 0 Å². The summed E-state index contributed by atoms with van der Waals surface area (Å²) < 4.78 is 25.4. The summed E-state index contributed by atoms with van der Waals surface area (Å²) in [6.07, 6.45) is 3.87. The van der Waals surface area contributed by atoms with Crippen molar-refractivity contribution in [1.29, 1.82) is 0 Å². The first-order valence-corrected chi connectivity index (χ1v) is 13.5. The van der Waals surface area contributed by atoms with Crippen molar-refractivity contribution >= 4 is 18.8 Å². The third-order valence-electron chi connectivity index (χ3n) is 5.76. The minimum absolute atomic E-state index is 0.0558. The molecule has 3 rings (SSSR count). The number of nitrogens with one attached hydrogen (secondary N) is 1. The number of rotatable bonds is 11. The molecule has 3 aromatic rings. The molecule has 1 unspecified atom stereocenters. The minimum Gasteiger partial charge on any atom is -0.507 e. The van der Waals surface area contributed by atoms with Crippen LogP contribution in [0.25, 0.3) is 11.1 Å². The molecule has 0 saturated heterocycles. The van der Waals surface area contributed by atoms with Crippen LogP contribution in [0.4, 0.5) is 0 Å². The summed E-state index contributed by atoms with van der Waals surface area (Å²) in [7, 11) is -2.53. The van der Waals surface area contributed by atoms with Gasteiger partial charge in [-0.1, -0.05) is 67.8 Å². The summed E-state index contributed by atoms with van der Waals surface area (Å²) in [6, 6.07) is 19.1. The second-order valence-corrected chi connectivity index (χ2v) is 10.7. The Morgan fingerprint density at radius 3 is 2.46 bits per heavy atom. The van der Waals surface area contributed by atoms with Gasteiger partial charge in [0.25, 0.3) is 0 Å². The molecule has 0 bridgehead atoms. The largest absolute Gasteiger partial charge is 0.507 e. The number of aryl methyl sites for hydroxylation is 2. The fraction of sp³-hybridized carbons (Fsp3) is 0.321. The fourth-order valence-corrected chi connectivity index (χ4v) is 5.85. The first-order chi connectivity index (χ1) is 16.8. The van der Waals surface area contributed by atoms with E-state index in [0.29, 0.717) is 16.6 Å². The monoisotopic (exact) mass is 495 g/mol. The van der Waals surface area contributed by atoms with Crippen molar-refractivity contribution in [3.8, 4) is 22.6 Å². The second-order valence-electron chi connectivity index (χ2n) is 8.67. The summed E-state index contributed by atoms with van der Waals surface area (Å²) in [6.45, 7) is 5.68. The van der Waals surface area contributed by atoms with Crippen LogP contribution < -0.4 is 14.9 Å². The van der Waals surface area contributed by atoms with Gasteiger partial charge in [-0.05, 0) is 62.1 Å². The molecular weight excluding hydrogens is 461 g/mol. The number of carbonyl (C=O) groups excluding carboxylic acids is 1. The van der Waals surface area contributed by atoms with Crippen molar-refractivity contribution in [1.82, 2.24) is 5.09 Å². The zero-order chi connectivity index (χ0) is 25.4. The van der Waals surface area contributed by atoms with Crippen LogP contribution in [0.3, 0.4) is 0 Å². The van der Waals surface area contributed by atoms with Gasteiger partial charge in [0.05, 0.1) is 18.0 Å². The normalized spacial score (nSPS) is 13.6. The Labute approximate surface area is 207 Å². The molecular formula is C28H34NO5P. The molecule has 6 nitrogen and oxygen atoms in total. The summed E-state index contributed by atoms with van der Waals surface area (Å²) in [5.74, 6) is -0.209. The van der Waals surface area contributed by atoms with Gasteiger partial charge in [-0.3, -0.25) is 9.36 Å². The number of methoxy groups -OCH3 is 1. The summed E-state index contributed by atoms with van der Waals surface area (Å²) in [5.41, 5.74) is 3.11. The van der Waals surface area contributed by atoms with Crippen molar-refractivity contribution in [2.75, 3.05) is 7.11 Å². The van der Waals surface area contributed by atoms with Crippen molar-refractivity contribution in [3.05, 3.63) is 77.9 Å². The van der Waals surface area contributed by atoms with Gasteiger partial charge in [0, 0.05) is 0 Å². The minimum atomic E-state index is -3.81. The average molecular weight is 496 g/mol. The highest BCUT2D eigenvalue weighted by atomic mass is 31.2. The number of phenolic OH excluding ortho intramolecular Hbond substituents is 1. The number of hydrogen-bond donors (Lipinski definition) is 2. The van der Waals surface area contributed by atoms with Gasteiger partial charge in [0.15, 0.2) is 0 Å². The zero-order valence-corrected chi connectivity index (χ0v) is 21.7. The van der Waals surface area contributed by atoms with E-state index in [1.807, 2.05) is 43.3 Å². The summed E-state index contributed by atoms with van der Waals surface area (Å²) in [5, 5.41) is 14.4. The molecule has 7 heteroatoms. The van der Waals surface area contributed by atoms with E-state index in [0.717, 1.165) is 42.4 Å². The van der Waals surface area contributed by atoms with Crippen LogP contribution in [0, 0.1) is 6.92 Å². The maximum atomic E-state index is 14.3. The van der Waals surface area contributed by atoms with E-state index in [4.69, 9.17) is 9.26 Å². The quantitative estimate of drug-likeness (QED) is 0.189. The highest BCUT2D eigenvalue weighted by Gasteiger charge is 2.33. The van der Waals surface area contributed by atoms with E-state index in [1.165, 1.54) is 7.11 Å². The van der Waals surface area contributed by atoms with E-state index in [2.05, 4.69) is 12.0 Å². The number of esters is 1. The Hall–Kier alpha value is -3.08. The maximum absolute atomic E-state index is 14.3. The number of aromatic hydroxyl groups is 1. The summed E-state index contributed by atoms with van der Waals surface area (Å²) >= 11 is 0. The molecule has 35 heavy (non-hydrogen) atoms. The van der Waals surface area contributed by atoms with Gasteiger partial charge in [-0.25, -0.2) is 5.09 Å². The Balaban J connectivity index is 2.14. The predicted octanol–water partition coefficient (Wildman–Crippen LogP) is 6.15. The number of phenols is 1. The molecule has 2 atom stereocenters. The molecule has 0 aliphatic carbocycles. The van der Waals surface area contributed by atoms with Gasteiger partial charge in [0.2, 0.25) is 0 Å². The Kier molecular flexibility index (Phi) is 9.13. The lowest BCUT2D eigenvalue weighted by Gasteiger charge is -2.25. The number of benzene rings is 3. The molecule has 0 amide bonds. The van der Waals surface area contributed by atoms with Gasteiger partial charge in [-0.15, -0.1) is 0 Å². The Morgan fingerprint density at radius 2 is 1.80 bits per heavy atom. The number of ether oxygens (including phenoxy) is 1. The molecule has 186 valence electrons. The molecule has 0 spiro atoms. The SMILES string of the molecule is CCCCCc1cc(O)c(-c2cccc(C)c2)c(OP(=O)(N[C@@H](C)C(=O)OC)c2ccccc2)c1. The third kappa shape index (κ3) is 6.74. The first-order valence-electron chi connectivity index (χ1n) is 11.9. The van der Waals surface area contributed by atoms with E-state index < -0.39 is 19.5 Å². The lowest BCUT2D eigenvalue weighted by Crippen LogP contribution is -2.37. The number of carbonyl (C=O) groups is 1. The smallest absolute Gasteiger partial charge is 0.347 e. The average Bonchev–Trinajstić information content (AvgIpc) is 2.84. The van der Waals surface area contributed by atoms with E-state index in [1.54, 1.807) is 37.3 Å². The van der Waals surface area contributed by atoms with Gasteiger partial charge >= 0.3 is 13.5 Å². The molecule has 0 saturated carbocycles. The molecule has 0 heterocycles. The standard InChI is InChI=1S/C28H34NO5P/c1-5-6-8-13-22-18-25(30)27(23-14-11-12-20(2)17-23)26(19-22)34-35(32,24-15-9-7-10-16-24)29-21(3)28(31)33-4/h7,9-12,14-19,21,30H,5-6,8,13H2,1-4H3,(H,29,32)/t21-,35?/m0/s1. The third-order valence-corrected chi connectivity index (χ3v) is 7.92. The van der Waals surface area contributed by atoms with Crippen LogP contribution in [0.5, 0.6) is 11.5 Å². The van der Waals surface area contributed by atoms with Crippen LogP contribution in [-0.4, -0.2) is 24.2 Å². The molecule has 3 aromatic carbocycles. The molecule has 0 radical (unpaired) electrons. The van der Waals surface area contributed by atoms with Crippen LogP contribution in [0.15, 0.2) is 66.7 Å². The highest BCUT2D eigenvalue weighted by Crippen LogP contribution is 2.49. The van der Waals surface area contributed by atoms with Crippen molar-refractivity contribution in [2.45, 2.75) is 52.5 Å². The lowest BCUT2D eigenvalue weighted by molar-refractivity contribution is -0.142. The molecule has 0 aliphatic rings. The zero-order valence-electron chi connectivity index (χ0n) is 20.8. The molecule has 0 aliphatic heterocycles. The van der Waals surface area contributed by atoms with Crippen LogP contribution in [0.1, 0.15) is 44.2 Å². The molecule has 0 aromatic heterocycles. The second kappa shape index (κ2) is 12.1. The molecule has 0 fully saturated rings. The van der Waals surface area contributed by atoms with E-state index in [9.17, 15) is 14.5 Å². The predicted molar refractivity (Wildman–Crippen MR) is 140 cm³/mol. The summed E-state index contributed by atoms with van der Waals surface area (Å²) in [4.78, 5) is 12.2. The van der Waals surface area contributed by atoms with E-state index >= 15 is 0 Å². The number of hydrogen-bond acceptors (Lipinski definition) is 5. The fourth-order valence-electron chi connectivity index (χ4n) is 3.94. The van der Waals surface area contributed by atoms with Crippen molar-refractivity contribution < 1.29 is 23.7 Å². The Bertz CT molecular complexity index is 1200. The maximum Gasteiger partial charge on any atom is 0.347 e. The Morgan fingerprint density at radius 1 is 1.06 bits per heavy atom. The van der Waals surface area contributed by atoms with Crippen LogP contribution in [0.2, 0.25) is 0 Å². The first kappa shape index (κ1) is 26.5. The topological polar surface area (TPSA) is 84.9 Å². The van der Waals surface area contributed by atoms with Gasteiger partial charge < -0.3 is 14.4 Å². The highest BCUT2D eigenvalue weighted by molar-refractivity contribution is 7.65. The lowest BCUT2D eigenvalue weighted by atomic mass is 9.98. The number of unbranched alkanes of at least 4 members (excludes halogenated alkanes) is 2. The van der Waals surface area contributed by atoms with Gasteiger partial charge in [-0.2, -0.15) is 0 Å². The molecule has 2 N–H and O–H groups in total. The van der Waals surface area contributed by atoms with E-state index in [-0.39, 0.29) is 5.75 Å².